The Balaban J connectivity index is 1.96. The van der Waals surface area contributed by atoms with Gasteiger partial charge in [-0.3, -0.25) is 5.43 Å². The molecule has 4 nitrogen and oxygen atoms in total. The molecule has 0 fully saturated rings. The van der Waals surface area contributed by atoms with Crippen molar-refractivity contribution in [3.05, 3.63) is 50.6 Å². The van der Waals surface area contributed by atoms with Crippen molar-refractivity contribution in [2.24, 2.45) is 5.10 Å². The van der Waals surface area contributed by atoms with Crippen LogP contribution in [0.4, 0.5) is 5.82 Å². The summed E-state index contributed by atoms with van der Waals surface area (Å²) >= 11 is 13.8. The third kappa shape index (κ3) is 3.17. The predicted octanol–water partition coefficient (Wildman–Crippen LogP) is 5.45. The average Bonchev–Trinajstić information content (AvgIpc) is 2.80. The van der Waals surface area contributed by atoms with Crippen LogP contribution < -0.4 is 5.43 Å². The molecule has 0 spiro atoms. The van der Waals surface area contributed by atoms with Crippen LogP contribution in [0.5, 0.6) is 0 Å². The van der Waals surface area contributed by atoms with Gasteiger partial charge in [0.2, 0.25) is 0 Å². The van der Waals surface area contributed by atoms with E-state index in [4.69, 9.17) is 23.2 Å². The van der Waals surface area contributed by atoms with Crippen molar-refractivity contribution in [1.82, 2.24) is 9.97 Å². The van der Waals surface area contributed by atoms with Gasteiger partial charge in [-0.15, -0.1) is 11.3 Å². The lowest BCUT2D eigenvalue weighted by Gasteiger charge is -2.06. The van der Waals surface area contributed by atoms with Crippen LogP contribution in [0.1, 0.15) is 22.9 Å². The summed E-state index contributed by atoms with van der Waals surface area (Å²) in [6.07, 6.45) is 1.54. The number of anilines is 1. The van der Waals surface area contributed by atoms with E-state index in [2.05, 4.69) is 34.3 Å². The van der Waals surface area contributed by atoms with E-state index in [0.717, 1.165) is 21.5 Å². The molecule has 0 aliphatic rings. The zero-order chi connectivity index (χ0) is 16.6. The molecule has 3 aromatic rings. The molecule has 0 saturated heterocycles. The Morgan fingerprint density at radius 3 is 2.74 bits per heavy atom. The Morgan fingerprint density at radius 2 is 2.00 bits per heavy atom. The van der Waals surface area contributed by atoms with Crippen LogP contribution in [0, 0.1) is 13.8 Å². The fourth-order valence-electron chi connectivity index (χ4n) is 2.25. The third-order valence-electron chi connectivity index (χ3n) is 3.62. The molecule has 0 aliphatic heterocycles. The van der Waals surface area contributed by atoms with E-state index < -0.39 is 0 Å². The van der Waals surface area contributed by atoms with E-state index in [1.54, 1.807) is 29.8 Å². The standard InChI is InChI=1S/C16H14Cl2N4S/c1-8-10(3)23-16-14(8)15(19-7-20-16)22-21-9(2)12-5-4-11(17)6-13(12)18/h4-7H,1-3H3,(H,19,20,22)/b21-9-. The second-order valence-electron chi connectivity index (χ2n) is 5.12. The van der Waals surface area contributed by atoms with Crippen molar-refractivity contribution < 1.29 is 0 Å². The average molecular weight is 365 g/mol. The molecule has 0 aliphatic carbocycles. The van der Waals surface area contributed by atoms with Crippen LogP contribution in [-0.4, -0.2) is 15.7 Å². The van der Waals surface area contributed by atoms with Gasteiger partial charge in [0, 0.05) is 15.5 Å². The van der Waals surface area contributed by atoms with E-state index in [1.165, 1.54) is 10.4 Å². The Bertz CT molecular complexity index is 918. The number of thiophene rings is 1. The molecule has 2 aromatic heterocycles. The summed E-state index contributed by atoms with van der Waals surface area (Å²) in [7, 11) is 0. The fourth-order valence-corrected chi connectivity index (χ4v) is 3.79. The van der Waals surface area contributed by atoms with Gasteiger partial charge in [0.05, 0.1) is 16.1 Å². The van der Waals surface area contributed by atoms with Gasteiger partial charge in [-0.1, -0.05) is 29.3 Å². The van der Waals surface area contributed by atoms with Crippen LogP contribution in [0.25, 0.3) is 10.2 Å². The van der Waals surface area contributed by atoms with Crippen molar-refractivity contribution in [2.45, 2.75) is 20.8 Å². The SMILES string of the molecule is C/C(=N/Nc1ncnc2sc(C)c(C)c12)c1ccc(Cl)cc1Cl. The molecule has 0 bridgehead atoms. The monoisotopic (exact) mass is 364 g/mol. The van der Waals surface area contributed by atoms with Gasteiger partial charge in [0.25, 0.3) is 0 Å². The highest BCUT2D eigenvalue weighted by atomic mass is 35.5. The number of benzene rings is 1. The van der Waals surface area contributed by atoms with Crippen molar-refractivity contribution in [2.75, 3.05) is 5.43 Å². The number of fused-ring (bicyclic) bond motifs is 1. The Morgan fingerprint density at radius 1 is 1.22 bits per heavy atom. The smallest absolute Gasteiger partial charge is 0.158 e. The molecule has 0 radical (unpaired) electrons. The normalized spacial score (nSPS) is 12.0. The van der Waals surface area contributed by atoms with Crippen LogP contribution in [0.2, 0.25) is 10.0 Å². The molecule has 0 atom stereocenters. The van der Waals surface area contributed by atoms with Gasteiger partial charge in [0.1, 0.15) is 11.2 Å². The number of hydrazone groups is 1. The van der Waals surface area contributed by atoms with Crippen LogP contribution in [0.15, 0.2) is 29.6 Å². The molecule has 0 saturated carbocycles. The highest BCUT2D eigenvalue weighted by Gasteiger charge is 2.12. The summed E-state index contributed by atoms with van der Waals surface area (Å²) in [4.78, 5) is 10.8. The molecular weight excluding hydrogens is 351 g/mol. The molecule has 1 N–H and O–H groups in total. The number of aromatic nitrogens is 2. The zero-order valence-corrected chi connectivity index (χ0v) is 15.1. The van der Waals surface area contributed by atoms with Gasteiger partial charge in [-0.2, -0.15) is 5.10 Å². The number of hydrogen-bond acceptors (Lipinski definition) is 5. The maximum Gasteiger partial charge on any atom is 0.158 e. The molecule has 2 heterocycles. The number of hydrogen-bond donors (Lipinski definition) is 1. The summed E-state index contributed by atoms with van der Waals surface area (Å²) < 4.78 is 0. The quantitative estimate of drug-likeness (QED) is 0.496. The molecule has 0 unspecified atom stereocenters. The number of halogens is 2. The van der Waals surface area contributed by atoms with Gasteiger partial charge in [-0.05, 0) is 38.5 Å². The Hall–Kier alpha value is -1.69. The van der Waals surface area contributed by atoms with E-state index in [9.17, 15) is 0 Å². The highest BCUT2D eigenvalue weighted by molar-refractivity contribution is 7.18. The minimum absolute atomic E-state index is 0.566. The minimum atomic E-state index is 0.566. The molecule has 3 rings (SSSR count). The van der Waals surface area contributed by atoms with Gasteiger partial charge in [0.15, 0.2) is 5.82 Å². The summed E-state index contributed by atoms with van der Waals surface area (Å²) in [5.74, 6) is 0.696. The van der Waals surface area contributed by atoms with Crippen molar-refractivity contribution in [1.29, 1.82) is 0 Å². The lowest BCUT2D eigenvalue weighted by molar-refractivity contribution is 1.18. The molecule has 0 amide bonds. The second kappa shape index (κ2) is 6.43. The predicted molar refractivity (Wildman–Crippen MR) is 99.2 cm³/mol. The van der Waals surface area contributed by atoms with E-state index in [1.807, 2.05) is 13.0 Å². The van der Waals surface area contributed by atoms with Gasteiger partial charge in [-0.25, -0.2) is 9.97 Å². The van der Waals surface area contributed by atoms with E-state index in [-0.39, 0.29) is 0 Å². The lowest BCUT2D eigenvalue weighted by atomic mass is 10.1. The third-order valence-corrected chi connectivity index (χ3v) is 5.28. The van der Waals surface area contributed by atoms with Crippen LogP contribution in [0.3, 0.4) is 0 Å². The molecular formula is C16H14Cl2N4S. The first-order valence-electron chi connectivity index (χ1n) is 6.94. The maximum absolute atomic E-state index is 6.21. The Labute approximate surface area is 148 Å². The van der Waals surface area contributed by atoms with E-state index in [0.29, 0.717) is 15.9 Å². The summed E-state index contributed by atoms with van der Waals surface area (Å²) in [5, 5.41) is 6.58. The fraction of sp³-hybridized carbons (Fsp3) is 0.188. The zero-order valence-electron chi connectivity index (χ0n) is 12.8. The largest absolute Gasteiger partial charge is 0.260 e. The molecule has 118 valence electrons. The number of nitrogens with zero attached hydrogens (tertiary/aromatic N) is 3. The molecule has 7 heteroatoms. The first-order valence-corrected chi connectivity index (χ1v) is 8.51. The second-order valence-corrected chi connectivity index (χ2v) is 7.17. The van der Waals surface area contributed by atoms with Crippen LogP contribution in [-0.2, 0) is 0 Å². The van der Waals surface area contributed by atoms with Gasteiger partial charge >= 0.3 is 0 Å². The summed E-state index contributed by atoms with van der Waals surface area (Å²) in [6.45, 7) is 6.02. The first-order chi connectivity index (χ1) is 11.0. The van der Waals surface area contributed by atoms with Gasteiger partial charge < -0.3 is 0 Å². The molecule has 1 aromatic carbocycles. The topological polar surface area (TPSA) is 50.2 Å². The van der Waals surface area contributed by atoms with Crippen molar-refractivity contribution in [3.8, 4) is 0 Å². The molecule has 23 heavy (non-hydrogen) atoms. The Kier molecular flexibility index (Phi) is 4.53. The van der Waals surface area contributed by atoms with Crippen molar-refractivity contribution in [3.63, 3.8) is 0 Å². The highest BCUT2D eigenvalue weighted by Crippen LogP contribution is 2.32. The number of nitrogens with one attached hydrogen (secondary N) is 1. The number of rotatable bonds is 3. The summed E-state index contributed by atoms with van der Waals surface area (Å²) in [6, 6.07) is 5.34. The lowest BCUT2D eigenvalue weighted by Crippen LogP contribution is -2.02. The van der Waals surface area contributed by atoms with E-state index >= 15 is 0 Å². The summed E-state index contributed by atoms with van der Waals surface area (Å²) in [5.41, 5.74) is 5.78. The van der Waals surface area contributed by atoms with Crippen LogP contribution >= 0.6 is 34.5 Å². The van der Waals surface area contributed by atoms with Crippen molar-refractivity contribution >= 4 is 56.3 Å². The maximum atomic E-state index is 6.21. The first kappa shape index (κ1) is 16.2. The number of aryl methyl sites for hydroxylation is 2. The minimum Gasteiger partial charge on any atom is -0.260 e.